The molecule has 0 radical (unpaired) electrons. The second-order valence-electron chi connectivity index (χ2n) is 10.3. The molecule has 0 aromatic heterocycles. The predicted octanol–water partition coefficient (Wildman–Crippen LogP) is 3.84. The predicted molar refractivity (Wildman–Crippen MR) is 135 cm³/mol. The molecule has 5 nitrogen and oxygen atoms in total. The van der Waals surface area contributed by atoms with Crippen molar-refractivity contribution in [1.29, 1.82) is 0 Å². The average molecular weight is 454 g/mol. The zero-order chi connectivity index (χ0) is 22.8. The molecule has 0 bridgehead atoms. The first-order valence-corrected chi connectivity index (χ1v) is 12.1. The van der Waals surface area contributed by atoms with E-state index in [0.29, 0.717) is 6.54 Å². The van der Waals surface area contributed by atoms with E-state index in [1.807, 2.05) is 12.2 Å². The molecule has 1 fully saturated rings. The molecule has 1 N–H and O–H groups in total. The highest BCUT2D eigenvalue weighted by molar-refractivity contribution is 6.30. The number of nitrogens with zero attached hydrogens (tertiary/aromatic N) is 4. The summed E-state index contributed by atoms with van der Waals surface area (Å²) in [6, 6.07) is 0. The number of hydrogen-bond donors (Lipinski definition) is 1. The van der Waals surface area contributed by atoms with Crippen molar-refractivity contribution in [1.82, 2.24) is 15.1 Å². The van der Waals surface area contributed by atoms with Crippen molar-refractivity contribution in [3.8, 4) is 11.8 Å². The van der Waals surface area contributed by atoms with Crippen LogP contribution in [0.1, 0.15) is 38.5 Å². The molecule has 6 heteroatoms. The van der Waals surface area contributed by atoms with Gasteiger partial charge in [-0.25, -0.2) is 0 Å². The van der Waals surface area contributed by atoms with Gasteiger partial charge in [-0.1, -0.05) is 29.7 Å². The summed E-state index contributed by atoms with van der Waals surface area (Å²) in [7, 11) is 8.73. The summed E-state index contributed by atoms with van der Waals surface area (Å²) in [5.41, 5.74) is 1.90. The van der Waals surface area contributed by atoms with Crippen molar-refractivity contribution < 1.29 is 0 Å². The Labute approximate surface area is 198 Å². The van der Waals surface area contributed by atoms with E-state index in [0.717, 1.165) is 73.9 Å². The maximum Gasteiger partial charge on any atom is 0.132 e. The maximum absolute atomic E-state index is 6.48. The standard InChI is InChI=1S/C26H36ClN5/c1-31(2)18-25(19-32(3)4)13-15-26(16-14-25)24(28-17-20-9-5-6-10-21(20)27)29-22-11-7-8-12-23(22)30-26/h5-6,10-11,20H,7,9,13-19H2,1-4H3,(H,28,29). The summed E-state index contributed by atoms with van der Waals surface area (Å²) in [6.07, 6.45) is 14.3. The van der Waals surface area contributed by atoms with E-state index in [2.05, 4.69) is 67.3 Å². The Morgan fingerprint density at radius 1 is 1.16 bits per heavy atom. The van der Waals surface area contributed by atoms with Gasteiger partial charge in [-0.15, -0.1) is 0 Å². The third-order valence-electron chi connectivity index (χ3n) is 7.00. The van der Waals surface area contributed by atoms with Crippen molar-refractivity contribution in [2.75, 3.05) is 47.8 Å². The Morgan fingerprint density at radius 3 is 2.53 bits per heavy atom. The fourth-order valence-electron chi connectivity index (χ4n) is 5.61. The number of hydrogen-bond acceptors (Lipinski definition) is 4. The van der Waals surface area contributed by atoms with Crippen LogP contribution in [0.4, 0.5) is 0 Å². The molecule has 0 amide bonds. The number of allylic oxidation sites excluding steroid dienone is 5. The van der Waals surface area contributed by atoms with Gasteiger partial charge in [0.05, 0.1) is 5.70 Å². The zero-order valence-electron chi connectivity index (χ0n) is 19.9. The number of halogens is 1. The van der Waals surface area contributed by atoms with E-state index in [-0.39, 0.29) is 16.9 Å². The van der Waals surface area contributed by atoms with Gasteiger partial charge in [-0.3, -0.25) is 9.98 Å². The van der Waals surface area contributed by atoms with Crippen LogP contribution in [-0.4, -0.2) is 74.7 Å². The molecule has 1 aliphatic heterocycles. The van der Waals surface area contributed by atoms with Crippen LogP contribution in [0.5, 0.6) is 0 Å². The summed E-state index contributed by atoms with van der Waals surface area (Å²) in [5, 5.41) is 4.55. The highest BCUT2D eigenvalue weighted by atomic mass is 35.5. The maximum atomic E-state index is 6.48. The smallest absolute Gasteiger partial charge is 0.132 e. The molecule has 0 aromatic rings. The molecular formula is C26H36ClN5. The molecule has 3 aliphatic carbocycles. The van der Waals surface area contributed by atoms with Crippen LogP contribution >= 0.6 is 11.6 Å². The Morgan fingerprint density at radius 2 is 1.88 bits per heavy atom. The molecule has 0 saturated heterocycles. The van der Waals surface area contributed by atoms with Crippen LogP contribution in [0.15, 0.2) is 45.0 Å². The normalized spacial score (nSPS) is 26.8. The molecule has 172 valence electrons. The lowest BCUT2D eigenvalue weighted by atomic mass is 9.66. The van der Waals surface area contributed by atoms with Crippen LogP contribution in [0.25, 0.3) is 0 Å². The van der Waals surface area contributed by atoms with Crippen LogP contribution in [0.2, 0.25) is 0 Å². The van der Waals surface area contributed by atoms with Crippen LogP contribution in [-0.2, 0) is 0 Å². The van der Waals surface area contributed by atoms with Crippen LogP contribution < -0.4 is 5.32 Å². The minimum Gasteiger partial charge on any atom is -0.340 e. The van der Waals surface area contributed by atoms with Gasteiger partial charge in [0.25, 0.3) is 0 Å². The minimum atomic E-state index is -0.304. The summed E-state index contributed by atoms with van der Waals surface area (Å²) in [4.78, 5) is 15.1. The summed E-state index contributed by atoms with van der Waals surface area (Å²) >= 11 is 6.48. The lowest BCUT2D eigenvalue weighted by Gasteiger charge is -2.48. The molecule has 32 heavy (non-hydrogen) atoms. The molecule has 1 unspecified atom stereocenters. The monoisotopic (exact) mass is 453 g/mol. The zero-order valence-corrected chi connectivity index (χ0v) is 20.7. The summed E-state index contributed by atoms with van der Waals surface area (Å²) in [5.74, 6) is 7.73. The number of fused-ring (bicyclic) bond motifs is 1. The highest BCUT2D eigenvalue weighted by Crippen LogP contribution is 2.45. The number of amidine groups is 1. The van der Waals surface area contributed by atoms with E-state index in [1.165, 1.54) is 0 Å². The Kier molecular flexibility index (Phi) is 6.95. The summed E-state index contributed by atoms with van der Waals surface area (Å²) in [6.45, 7) is 2.88. The van der Waals surface area contributed by atoms with Crippen molar-refractivity contribution in [3.05, 3.63) is 35.0 Å². The van der Waals surface area contributed by atoms with Crippen molar-refractivity contribution in [3.63, 3.8) is 0 Å². The van der Waals surface area contributed by atoms with Crippen molar-refractivity contribution >= 4 is 23.1 Å². The second-order valence-corrected chi connectivity index (χ2v) is 10.8. The molecule has 1 atom stereocenters. The lowest BCUT2D eigenvalue weighted by Crippen LogP contribution is -2.56. The highest BCUT2D eigenvalue weighted by Gasteiger charge is 2.48. The topological polar surface area (TPSA) is 43.2 Å². The van der Waals surface area contributed by atoms with Crippen molar-refractivity contribution in [2.45, 2.75) is 44.1 Å². The first kappa shape index (κ1) is 23.3. The van der Waals surface area contributed by atoms with Gasteiger partial charge in [0, 0.05) is 37.0 Å². The largest absolute Gasteiger partial charge is 0.340 e. The van der Waals surface area contributed by atoms with Gasteiger partial charge in [0.2, 0.25) is 0 Å². The van der Waals surface area contributed by atoms with E-state index in [1.54, 1.807) is 0 Å². The first-order valence-electron chi connectivity index (χ1n) is 11.7. The number of rotatable bonds is 6. The Balaban J connectivity index is 1.62. The first-order chi connectivity index (χ1) is 15.3. The molecule has 1 heterocycles. The molecule has 4 rings (SSSR count). The average Bonchev–Trinajstić information content (AvgIpc) is 2.74. The van der Waals surface area contributed by atoms with E-state index in [4.69, 9.17) is 21.6 Å². The summed E-state index contributed by atoms with van der Waals surface area (Å²) < 4.78 is 0. The Hall–Kier alpha value is -1.87. The van der Waals surface area contributed by atoms with E-state index >= 15 is 0 Å². The third kappa shape index (κ3) is 5.03. The van der Waals surface area contributed by atoms with Gasteiger partial charge >= 0.3 is 0 Å². The fraction of sp³-hybridized carbons (Fsp3) is 0.615. The van der Waals surface area contributed by atoms with Crippen molar-refractivity contribution in [2.24, 2.45) is 21.3 Å². The molecule has 0 aromatic carbocycles. The molecule has 4 aliphatic rings. The van der Waals surface area contributed by atoms with Crippen LogP contribution in [0.3, 0.4) is 0 Å². The number of nitrogens with one attached hydrogen (secondary N) is 1. The Bertz CT molecular complexity index is 921. The number of aliphatic imine (C=N–C) groups is 2. The molecular weight excluding hydrogens is 418 g/mol. The van der Waals surface area contributed by atoms with E-state index in [9.17, 15) is 0 Å². The second kappa shape index (κ2) is 9.55. The van der Waals surface area contributed by atoms with Gasteiger partial charge in [-0.05, 0) is 83.8 Å². The van der Waals surface area contributed by atoms with Gasteiger partial charge < -0.3 is 15.1 Å². The quantitative estimate of drug-likeness (QED) is 0.621. The molecule has 1 spiro atoms. The SMILES string of the molecule is CN(C)CC1(CN(C)C)CCC2(CC1)N=C1C#CCC=C1NC2=NCC1CC=CC=C1Cl. The lowest BCUT2D eigenvalue weighted by molar-refractivity contribution is 0.0799. The van der Waals surface area contributed by atoms with Crippen LogP contribution in [0, 0.1) is 23.2 Å². The third-order valence-corrected chi connectivity index (χ3v) is 7.44. The minimum absolute atomic E-state index is 0.253. The molecule has 1 saturated carbocycles. The van der Waals surface area contributed by atoms with Gasteiger partial charge in [0.15, 0.2) is 0 Å². The fourth-order valence-corrected chi connectivity index (χ4v) is 5.84. The van der Waals surface area contributed by atoms with Gasteiger partial charge in [-0.2, -0.15) is 0 Å². The van der Waals surface area contributed by atoms with Gasteiger partial charge in [0.1, 0.15) is 17.1 Å². The van der Waals surface area contributed by atoms with E-state index < -0.39 is 0 Å².